The lowest BCUT2D eigenvalue weighted by atomic mass is 10.1. The minimum Gasteiger partial charge on any atom is -0.469 e. The average molecular weight is 302 g/mol. The number of primary amides is 1. The van der Waals surface area contributed by atoms with E-state index in [1.165, 1.54) is 7.11 Å². The number of amides is 2. The third-order valence-corrected chi connectivity index (χ3v) is 2.79. The fourth-order valence-electron chi connectivity index (χ4n) is 1.54. The number of carbonyl (C=O) groups is 3. The van der Waals surface area contributed by atoms with Gasteiger partial charge in [-0.05, 0) is 26.6 Å². The van der Waals surface area contributed by atoms with Crippen LogP contribution in [0.1, 0.15) is 19.8 Å². The maximum absolute atomic E-state index is 12.0. The summed E-state index contributed by atoms with van der Waals surface area (Å²) in [6, 6.07) is -1.32. The molecule has 2 atom stereocenters. The van der Waals surface area contributed by atoms with Crippen LogP contribution in [-0.4, -0.2) is 50.6 Å². The lowest BCUT2D eigenvalue weighted by Gasteiger charge is -2.18. The molecule has 2 amide bonds. The normalized spacial score (nSPS) is 14.0. The highest BCUT2D eigenvalue weighted by molar-refractivity contribution is 5.84. The predicted octanol–water partition coefficient (Wildman–Crippen LogP) is -1.38. The molecule has 0 radical (unpaired) electrons. The highest BCUT2D eigenvalue weighted by Crippen LogP contribution is 1.99. The summed E-state index contributed by atoms with van der Waals surface area (Å²) in [4.78, 5) is 34.6. The van der Waals surface area contributed by atoms with Gasteiger partial charge >= 0.3 is 5.97 Å². The Morgan fingerprint density at radius 2 is 2.10 bits per heavy atom. The van der Waals surface area contributed by atoms with Gasteiger partial charge in [0.2, 0.25) is 11.8 Å². The Morgan fingerprint density at radius 1 is 1.38 bits per heavy atom. The SMILES string of the molecule is [3H]NC(=O)[C@H](CNC(=O)[C@H](CCC(=O)OC)NC)NC=CC. The second-order valence-electron chi connectivity index (χ2n) is 4.28. The molecule has 0 spiro atoms. The summed E-state index contributed by atoms with van der Waals surface area (Å²) >= 11 is 0. The maximum Gasteiger partial charge on any atom is 0.305 e. The molecule has 0 bridgehead atoms. The quantitative estimate of drug-likeness (QED) is 0.369. The van der Waals surface area contributed by atoms with Gasteiger partial charge in [-0.25, -0.2) is 0 Å². The lowest BCUT2D eigenvalue weighted by Crippen LogP contribution is -2.51. The number of likely N-dealkylation sites (N-methyl/N-ethyl adjacent to an activating group) is 1. The number of esters is 1. The van der Waals surface area contributed by atoms with Gasteiger partial charge in [0.25, 0.3) is 0 Å². The summed E-state index contributed by atoms with van der Waals surface area (Å²) < 4.78 is 11.4. The highest BCUT2D eigenvalue weighted by atomic mass is 16.5. The van der Waals surface area contributed by atoms with E-state index in [1.807, 2.05) is 0 Å². The Morgan fingerprint density at radius 3 is 2.62 bits per heavy atom. The van der Waals surface area contributed by atoms with E-state index in [0.717, 1.165) is 0 Å². The highest BCUT2D eigenvalue weighted by Gasteiger charge is 2.20. The number of rotatable bonds is 10. The first kappa shape index (κ1) is 17.0. The number of hydrogen-bond donors (Lipinski definition) is 4. The van der Waals surface area contributed by atoms with Gasteiger partial charge in [-0.15, -0.1) is 0 Å². The zero-order chi connectivity index (χ0) is 17.0. The largest absolute Gasteiger partial charge is 0.469 e. The van der Waals surface area contributed by atoms with Gasteiger partial charge < -0.3 is 26.4 Å². The molecule has 0 saturated heterocycles. The van der Waals surface area contributed by atoms with Gasteiger partial charge in [0, 0.05) is 13.0 Å². The first-order chi connectivity index (χ1) is 10.5. The van der Waals surface area contributed by atoms with E-state index in [9.17, 15) is 14.4 Å². The van der Waals surface area contributed by atoms with Gasteiger partial charge in [0.15, 0.2) is 1.41 Å². The molecule has 0 aliphatic heterocycles. The third kappa shape index (κ3) is 7.93. The molecule has 21 heavy (non-hydrogen) atoms. The van der Waals surface area contributed by atoms with E-state index in [1.54, 1.807) is 32.0 Å². The molecule has 0 aromatic carbocycles. The van der Waals surface area contributed by atoms with Gasteiger partial charge in [-0.1, -0.05) is 6.08 Å². The lowest BCUT2D eigenvalue weighted by molar-refractivity contribution is -0.140. The number of nitrogens with one attached hydrogen (secondary N) is 3. The number of nitrogens with two attached hydrogens (primary N) is 1. The zero-order valence-corrected chi connectivity index (χ0v) is 12.6. The number of allylic oxidation sites excluding steroid dienone is 1. The fraction of sp³-hybridized carbons (Fsp3) is 0.615. The van der Waals surface area contributed by atoms with Crippen LogP contribution in [0.15, 0.2) is 12.3 Å². The van der Waals surface area contributed by atoms with E-state index in [0.29, 0.717) is 0 Å². The van der Waals surface area contributed by atoms with Crippen LogP contribution >= 0.6 is 0 Å². The molecule has 0 unspecified atom stereocenters. The van der Waals surface area contributed by atoms with E-state index < -0.39 is 24.0 Å². The number of methoxy groups -OCH3 is 1. The third-order valence-electron chi connectivity index (χ3n) is 2.79. The predicted molar refractivity (Wildman–Crippen MR) is 78.0 cm³/mol. The Bertz CT molecular complexity index is 404. The van der Waals surface area contributed by atoms with Crippen molar-refractivity contribution >= 4 is 17.8 Å². The van der Waals surface area contributed by atoms with Crippen LogP contribution < -0.4 is 21.7 Å². The Balaban J connectivity index is 4.45. The van der Waals surface area contributed by atoms with Crippen molar-refractivity contribution in [3.8, 4) is 0 Å². The smallest absolute Gasteiger partial charge is 0.305 e. The molecule has 0 aliphatic carbocycles. The zero-order valence-electron chi connectivity index (χ0n) is 13.6. The molecular weight excluding hydrogens is 276 g/mol. The average Bonchev–Trinajstić information content (AvgIpc) is 2.54. The molecular formula is C13H24N4O4. The van der Waals surface area contributed by atoms with Gasteiger partial charge in [0.1, 0.15) is 6.04 Å². The Labute approximate surface area is 125 Å². The summed E-state index contributed by atoms with van der Waals surface area (Å²) in [7, 11) is 2.89. The van der Waals surface area contributed by atoms with Crippen molar-refractivity contribution in [1.29, 1.82) is 0 Å². The molecule has 0 aromatic heterocycles. The van der Waals surface area contributed by atoms with Crippen molar-refractivity contribution in [3.63, 3.8) is 0 Å². The summed E-state index contributed by atoms with van der Waals surface area (Å²) in [6.07, 6.45) is 3.65. The second kappa shape index (κ2) is 10.7. The van der Waals surface area contributed by atoms with Crippen molar-refractivity contribution in [2.75, 3.05) is 20.7 Å². The van der Waals surface area contributed by atoms with Crippen LogP contribution in [0.5, 0.6) is 0 Å². The molecule has 0 fully saturated rings. The van der Waals surface area contributed by atoms with Gasteiger partial charge in [-0.2, -0.15) is 0 Å². The molecule has 0 rings (SSSR count). The topological polar surface area (TPSA) is 123 Å². The van der Waals surface area contributed by atoms with Crippen LogP contribution in [-0.2, 0) is 19.1 Å². The van der Waals surface area contributed by atoms with Crippen molar-refractivity contribution in [2.24, 2.45) is 5.73 Å². The summed E-state index contributed by atoms with van der Waals surface area (Å²) in [5.74, 6) is -1.29. The van der Waals surface area contributed by atoms with E-state index in [4.69, 9.17) is 1.41 Å². The van der Waals surface area contributed by atoms with Crippen LogP contribution in [0.25, 0.3) is 0 Å². The van der Waals surface area contributed by atoms with Crippen molar-refractivity contribution in [3.05, 3.63) is 12.3 Å². The number of carbonyl (C=O) groups excluding carboxylic acids is 3. The molecule has 0 saturated carbocycles. The molecule has 8 heteroatoms. The number of ether oxygens (including phenoxy) is 1. The minimum atomic E-state index is -0.754. The first-order valence-electron chi connectivity index (χ1n) is 7.10. The second-order valence-corrected chi connectivity index (χ2v) is 4.28. The number of hydrogen-bond acceptors (Lipinski definition) is 6. The Kier molecular flexibility index (Phi) is 8.62. The van der Waals surface area contributed by atoms with Crippen molar-refractivity contribution < 1.29 is 20.5 Å². The molecule has 120 valence electrons. The minimum absolute atomic E-state index is 0.0181. The standard InChI is InChI=1S/C13H24N4O4/c1-4-7-16-10(12(14)19)8-17-13(20)9(15-2)5-6-11(18)21-3/h4,7,9-10,15-16H,5-6,8H2,1-3H3,(H2,14,19)(H,17,20)/t9-,10-/m0/s1/i/hT. The van der Waals surface area contributed by atoms with Crippen LogP contribution in [0.2, 0.25) is 1.41 Å². The van der Waals surface area contributed by atoms with E-state index in [-0.39, 0.29) is 25.3 Å². The first-order valence-corrected chi connectivity index (χ1v) is 6.60. The molecule has 0 aliphatic rings. The van der Waals surface area contributed by atoms with Gasteiger partial charge in [-0.3, -0.25) is 14.4 Å². The summed E-state index contributed by atoms with van der Waals surface area (Å²) in [6.45, 7) is 1.79. The van der Waals surface area contributed by atoms with Crippen LogP contribution in [0.4, 0.5) is 0 Å². The maximum atomic E-state index is 12.0. The molecule has 0 heterocycles. The molecule has 5 N–H and O–H groups in total. The van der Waals surface area contributed by atoms with E-state index >= 15 is 0 Å². The summed E-state index contributed by atoms with van der Waals surface area (Å²) in [5, 5.41) is 8.18. The van der Waals surface area contributed by atoms with Crippen molar-refractivity contribution in [2.45, 2.75) is 31.8 Å². The molecule has 0 aromatic rings. The van der Waals surface area contributed by atoms with E-state index in [2.05, 4.69) is 20.7 Å². The van der Waals surface area contributed by atoms with Crippen LogP contribution in [0.3, 0.4) is 0 Å². The Hall–Kier alpha value is -2.09. The summed E-state index contributed by atoms with van der Waals surface area (Å²) in [5.41, 5.74) is 1.78. The van der Waals surface area contributed by atoms with Gasteiger partial charge in [0.05, 0.1) is 13.2 Å². The fourth-order valence-corrected chi connectivity index (χ4v) is 1.54. The van der Waals surface area contributed by atoms with Crippen LogP contribution in [0, 0.1) is 0 Å². The monoisotopic (exact) mass is 302 g/mol. The molecule has 8 nitrogen and oxygen atoms in total. The van der Waals surface area contributed by atoms with Crippen molar-refractivity contribution in [1.82, 2.24) is 16.0 Å².